The molecule has 1 heterocycles. The highest BCUT2D eigenvalue weighted by Crippen LogP contribution is 2.21. The van der Waals surface area contributed by atoms with E-state index in [1.807, 2.05) is 0 Å². The zero-order valence-corrected chi connectivity index (χ0v) is 15.3. The largest absolute Gasteiger partial charge is 0.354 e. The normalized spacial score (nSPS) is 13.5. The molecule has 0 atom stereocenters. The van der Waals surface area contributed by atoms with Crippen LogP contribution in [0, 0.1) is 0 Å². The van der Waals surface area contributed by atoms with Crippen LogP contribution in [0.3, 0.4) is 0 Å². The lowest BCUT2D eigenvalue weighted by Crippen LogP contribution is -2.47. The van der Waals surface area contributed by atoms with Crippen LogP contribution in [0.25, 0.3) is 0 Å². The van der Waals surface area contributed by atoms with Crippen molar-refractivity contribution in [2.24, 2.45) is 0 Å². The van der Waals surface area contributed by atoms with Crippen LogP contribution in [-0.2, 0) is 22.4 Å². The molecule has 0 aromatic heterocycles. The van der Waals surface area contributed by atoms with Crippen LogP contribution in [0.4, 0.5) is 0 Å². The molecule has 0 saturated carbocycles. The van der Waals surface area contributed by atoms with Gasteiger partial charge >= 0.3 is 0 Å². The van der Waals surface area contributed by atoms with Crippen molar-refractivity contribution in [1.82, 2.24) is 10.2 Å². The molecular formula is C19H16Cl2N2O3. The van der Waals surface area contributed by atoms with Gasteiger partial charge in [-0.05, 0) is 35.7 Å². The van der Waals surface area contributed by atoms with Gasteiger partial charge in [-0.3, -0.25) is 19.3 Å². The minimum Gasteiger partial charge on any atom is -0.354 e. The van der Waals surface area contributed by atoms with E-state index in [9.17, 15) is 14.4 Å². The first-order valence-electron chi connectivity index (χ1n) is 8.09. The van der Waals surface area contributed by atoms with E-state index in [-0.39, 0.29) is 18.9 Å². The van der Waals surface area contributed by atoms with E-state index in [4.69, 9.17) is 23.2 Å². The van der Waals surface area contributed by atoms with Gasteiger partial charge in [0, 0.05) is 22.2 Å². The first-order chi connectivity index (χ1) is 12.5. The fourth-order valence-corrected chi connectivity index (χ4v) is 3.32. The van der Waals surface area contributed by atoms with Gasteiger partial charge in [0.1, 0.15) is 6.54 Å². The Balaban J connectivity index is 1.56. The van der Waals surface area contributed by atoms with Crippen molar-refractivity contribution in [3.05, 3.63) is 69.2 Å². The molecule has 1 aliphatic heterocycles. The molecule has 26 heavy (non-hydrogen) atoms. The Labute approximate surface area is 160 Å². The van der Waals surface area contributed by atoms with Crippen LogP contribution < -0.4 is 5.32 Å². The first-order valence-corrected chi connectivity index (χ1v) is 8.84. The van der Waals surface area contributed by atoms with Gasteiger partial charge in [0.25, 0.3) is 5.91 Å². The Bertz CT molecular complexity index is 883. The number of hydrogen-bond acceptors (Lipinski definition) is 3. The Morgan fingerprint density at radius 3 is 2.65 bits per heavy atom. The maximum absolute atomic E-state index is 12.4. The van der Waals surface area contributed by atoms with Gasteiger partial charge in [-0.2, -0.15) is 0 Å². The average Bonchev–Trinajstić information content (AvgIpc) is 2.60. The second-order valence-electron chi connectivity index (χ2n) is 5.95. The lowest BCUT2D eigenvalue weighted by Gasteiger charge is -2.26. The van der Waals surface area contributed by atoms with Crippen LogP contribution in [0.5, 0.6) is 0 Å². The summed E-state index contributed by atoms with van der Waals surface area (Å²) in [7, 11) is 0. The minimum atomic E-state index is -0.437. The lowest BCUT2D eigenvalue weighted by molar-refractivity contribution is -0.133. The van der Waals surface area contributed by atoms with Gasteiger partial charge in [0.2, 0.25) is 11.8 Å². The number of nitrogens with one attached hydrogen (secondary N) is 1. The van der Waals surface area contributed by atoms with E-state index in [2.05, 4.69) is 5.32 Å². The van der Waals surface area contributed by atoms with Crippen molar-refractivity contribution in [3.63, 3.8) is 0 Å². The van der Waals surface area contributed by atoms with Gasteiger partial charge in [-0.25, -0.2) is 0 Å². The van der Waals surface area contributed by atoms with E-state index >= 15 is 0 Å². The maximum atomic E-state index is 12.4. The molecule has 2 aromatic carbocycles. The van der Waals surface area contributed by atoms with E-state index in [0.29, 0.717) is 34.1 Å². The number of carbonyl (C=O) groups excluding carboxylic acids is 3. The molecule has 7 heteroatoms. The molecule has 3 rings (SSSR count). The topological polar surface area (TPSA) is 66.5 Å². The summed E-state index contributed by atoms with van der Waals surface area (Å²) in [5.41, 5.74) is 2.01. The van der Waals surface area contributed by atoms with Crippen LogP contribution >= 0.6 is 23.2 Å². The molecule has 1 N–H and O–H groups in total. The molecule has 0 radical (unpaired) electrons. The van der Waals surface area contributed by atoms with Gasteiger partial charge < -0.3 is 5.32 Å². The SMILES string of the molecule is O=C(CN1C(=O)Cc2ccccc2C1=O)NCCc1ccc(Cl)cc1Cl. The number of imide groups is 1. The Morgan fingerprint density at radius 2 is 1.88 bits per heavy atom. The molecule has 134 valence electrons. The third-order valence-corrected chi connectivity index (χ3v) is 4.76. The summed E-state index contributed by atoms with van der Waals surface area (Å²) in [6.45, 7) is 0.0490. The second kappa shape index (κ2) is 7.89. The third-order valence-electron chi connectivity index (χ3n) is 4.17. The monoisotopic (exact) mass is 390 g/mol. The number of benzene rings is 2. The molecule has 0 spiro atoms. The van der Waals surface area contributed by atoms with Crippen LogP contribution in [0.15, 0.2) is 42.5 Å². The number of halogens is 2. The number of fused-ring (bicyclic) bond motifs is 1. The fraction of sp³-hybridized carbons (Fsp3) is 0.211. The molecule has 0 aliphatic carbocycles. The summed E-state index contributed by atoms with van der Waals surface area (Å²) < 4.78 is 0. The average molecular weight is 391 g/mol. The summed E-state index contributed by atoms with van der Waals surface area (Å²) in [6.07, 6.45) is 0.641. The highest BCUT2D eigenvalue weighted by Gasteiger charge is 2.31. The highest BCUT2D eigenvalue weighted by molar-refractivity contribution is 6.35. The fourth-order valence-electron chi connectivity index (χ4n) is 2.82. The molecular weight excluding hydrogens is 375 g/mol. The predicted molar refractivity (Wildman–Crippen MR) is 99.4 cm³/mol. The Morgan fingerprint density at radius 1 is 1.12 bits per heavy atom. The molecule has 0 saturated heterocycles. The van der Waals surface area contributed by atoms with E-state index in [1.54, 1.807) is 42.5 Å². The van der Waals surface area contributed by atoms with E-state index in [0.717, 1.165) is 10.5 Å². The molecule has 0 unspecified atom stereocenters. The molecule has 0 bridgehead atoms. The molecule has 3 amide bonds. The first kappa shape index (κ1) is 18.4. The standard InChI is InChI=1S/C19H16Cl2N2O3/c20-14-6-5-12(16(21)10-14)7-8-22-17(24)11-23-18(25)9-13-3-1-2-4-15(13)19(23)26/h1-6,10H,7-9,11H2,(H,22,24). The lowest BCUT2D eigenvalue weighted by atomic mass is 9.98. The number of nitrogens with zero attached hydrogens (tertiary/aromatic N) is 1. The van der Waals surface area contributed by atoms with Crippen molar-refractivity contribution in [2.75, 3.05) is 13.1 Å². The summed E-state index contributed by atoms with van der Waals surface area (Å²) in [6, 6.07) is 12.1. The van der Waals surface area contributed by atoms with Crippen molar-refractivity contribution in [2.45, 2.75) is 12.8 Å². The summed E-state index contributed by atoms with van der Waals surface area (Å²) >= 11 is 11.9. The molecule has 5 nitrogen and oxygen atoms in total. The molecule has 0 fully saturated rings. The highest BCUT2D eigenvalue weighted by atomic mass is 35.5. The number of carbonyl (C=O) groups is 3. The maximum Gasteiger partial charge on any atom is 0.261 e. The number of rotatable bonds is 5. The second-order valence-corrected chi connectivity index (χ2v) is 6.80. The molecule has 1 aliphatic rings. The predicted octanol–water partition coefficient (Wildman–Crippen LogP) is 2.88. The van der Waals surface area contributed by atoms with Crippen LogP contribution in [-0.4, -0.2) is 35.7 Å². The van der Waals surface area contributed by atoms with Crippen LogP contribution in [0.1, 0.15) is 21.5 Å². The smallest absolute Gasteiger partial charge is 0.261 e. The van der Waals surface area contributed by atoms with E-state index in [1.165, 1.54) is 0 Å². The Hall–Kier alpha value is -2.37. The third kappa shape index (κ3) is 4.06. The summed E-state index contributed by atoms with van der Waals surface area (Å²) in [4.78, 5) is 37.7. The zero-order chi connectivity index (χ0) is 18.7. The van der Waals surface area contributed by atoms with Crippen molar-refractivity contribution >= 4 is 40.9 Å². The van der Waals surface area contributed by atoms with Gasteiger partial charge in [0.15, 0.2) is 0 Å². The van der Waals surface area contributed by atoms with Crippen molar-refractivity contribution in [1.29, 1.82) is 0 Å². The van der Waals surface area contributed by atoms with Crippen LogP contribution in [0.2, 0.25) is 10.0 Å². The minimum absolute atomic E-state index is 0.121. The zero-order valence-electron chi connectivity index (χ0n) is 13.8. The van der Waals surface area contributed by atoms with Crippen molar-refractivity contribution < 1.29 is 14.4 Å². The van der Waals surface area contributed by atoms with Crippen molar-refractivity contribution in [3.8, 4) is 0 Å². The summed E-state index contributed by atoms with van der Waals surface area (Å²) in [5, 5.41) is 3.79. The molecule has 2 aromatic rings. The van der Waals surface area contributed by atoms with Gasteiger partial charge in [0.05, 0.1) is 6.42 Å². The van der Waals surface area contributed by atoms with Gasteiger partial charge in [-0.15, -0.1) is 0 Å². The number of amides is 3. The van der Waals surface area contributed by atoms with E-state index < -0.39 is 11.8 Å². The quantitative estimate of drug-likeness (QED) is 0.798. The number of hydrogen-bond donors (Lipinski definition) is 1. The Kier molecular flexibility index (Phi) is 5.59. The van der Waals surface area contributed by atoms with Gasteiger partial charge in [-0.1, -0.05) is 47.5 Å². The summed E-state index contributed by atoms with van der Waals surface area (Å²) in [5.74, 6) is -1.20.